The Balaban J connectivity index is 2.67. The fraction of sp³-hybridized carbons (Fsp3) is 0.696. The molecule has 1 aliphatic rings. The number of aliphatic hydroxyl groups excluding tert-OH is 2. The Morgan fingerprint density at radius 2 is 1.96 bits per heavy atom. The van der Waals surface area contributed by atoms with Crippen LogP contribution in [0.3, 0.4) is 0 Å². The van der Waals surface area contributed by atoms with Crippen molar-refractivity contribution in [1.29, 1.82) is 0 Å². The van der Waals surface area contributed by atoms with Crippen LogP contribution in [-0.4, -0.2) is 39.7 Å². The number of alkyl halides is 1. The maximum atomic E-state index is 14.4. The number of hydrogen-bond donors (Lipinski definition) is 3. The monoisotopic (exact) mass is 396 g/mol. The summed E-state index contributed by atoms with van der Waals surface area (Å²) in [6, 6.07) is 0. The van der Waals surface area contributed by atoms with Gasteiger partial charge in [0.1, 0.15) is 6.17 Å². The van der Waals surface area contributed by atoms with Gasteiger partial charge in [-0.3, -0.25) is 4.79 Å². The van der Waals surface area contributed by atoms with E-state index in [4.69, 9.17) is 5.11 Å². The molecule has 0 radical (unpaired) electrons. The van der Waals surface area contributed by atoms with Crippen LogP contribution < -0.4 is 0 Å². The van der Waals surface area contributed by atoms with Gasteiger partial charge >= 0.3 is 5.97 Å². The topological polar surface area (TPSA) is 77.8 Å². The fourth-order valence-electron chi connectivity index (χ4n) is 3.49. The van der Waals surface area contributed by atoms with E-state index in [0.717, 1.165) is 6.42 Å². The number of rotatable bonds is 11. The molecule has 1 rings (SSSR count). The van der Waals surface area contributed by atoms with E-state index < -0.39 is 24.3 Å². The molecule has 1 aliphatic carbocycles. The van der Waals surface area contributed by atoms with Gasteiger partial charge in [0.05, 0.1) is 12.2 Å². The largest absolute Gasteiger partial charge is 0.481 e. The lowest BCUT2D eigenvalue weighted by Gasteiger charge is -2.28. The summed E-state index contributed by atoms with van der Waals surface area (Å²) in [5.41, 5.74) is 0.859. The summed E-state index contributed by atoms with van der Waals surface area (Å²) in [5.74, 6) is -1.46. The van der Waals surface area contributed by atoms with Crippen LogP contribution in [0.15, 0.2) is 36.0 Å². The number of aliphatic hydroxyl groups is 2. The molecule has 0 saturated heterocycles. The lowest BCUT2D eigenvalue weighted by molar-refractivity contribution is -0.137. The Labute approximate surface area is 168 Å². The normalized spacial score (nSPS) is 26.8. The Morgan fingerprint density at radius 1 is 1.29 bits per heavy atom. The van der Waals surface area contributed by atoms with Gasteiger partial charge in [-0.05, 0) is 44.9 Å². The molecule has 5 atom stereocenters. The van der Waals surface area contributed by atoms with E-state index in [1.54, 1.807) is 12.2 Å². The van der Waals surface area contributed by atoms with Crippen LogP contribution in [0.2, 0.25) is 0 Å². The Morgan fingerprint density at radius 3 is 2.57 bits per heavy atom. The number of carboxylic acids is 1. The van der Waals surface area contributed by atoms with Crippen LogP contribution in [0.5, 0.6) is 0 Å². The van der Waals surface area contributed by atoms with Crippen LogP contribution in [0, 0.1) is 17.3 Å². The maximum absolute atomic E-state index is 14.4. The summed E-state index contributed by atoms with van der Waals surface area (Å²) in [4.78, 5) is 10.5. The quantitative estimate of drug-likeness (QED) is 0.345. The molecule has 160 valence electrons. The highest BCUT2D eigenvalue weighted by atomic mass is 19.1. The molecular formula is C23H37FO4. The highest BCUT2D eigenvalue weighted by molar-refractivity contribution is 5.66. The average molecular weight is 397 g/mol. The lowest BCUT2D eigenvalue weighted by atomic mass is 9.81. The SMILES string of the molecule is CC(C)=CCC(C)(C)[C@H](O)C=C[C@@H]1[C@@H](CC=CCCCC(=O)O)[C@H](F)C[C@H]1O. The number of aliphatic carboxylic acids is 1. The summed E-state index contributed by atoms with van der Waals surface area (Å²) >= 11 is 0. The second kappa shape index (κ2) is 11.5. The van der Waals surface area contributed by atoms with Crippen molar-refractivity contribution in [2.24, 2.45) is 17.3 Å². The van der Waals surface area contributed by atoms with E-state index in [0.29, 0.717) is 19.3 Å². The predicted octanol–water partition coefficient (Wildman–Crippen LogP) is 4.82. The van der Waals surface area contributed by atoms with Gasteiger partial charge in [0.25, 0.3) is 0 Å². The van der Waals surface area contributed by atoms with E-state index in [1.165, 1.54) is 5.57 Å². The van der Waals surface area contributed by atoms with Crippen molar-refractivity contribution in [3.8, 4) is 0 Å². The minimum Gasteiger partial charge on any atom is -0.481 e. The highest BCUT2D eigenvalue weighted by Gasteiger charge is 2.41. The van der Waals surface area contributed by atoms with E-state index >= 15 is 0 Å². The molecule has 0 amide bonds. The molecule has 0 heterocycles. The first-order chi connectivity index (χ1) is 13.0. The molecule has 0 bridgehead atoms. The second-order valence-corrected chi connectivity index (χ2v) is 8.86. The molecule has 0 aromatic heterocycles. The Hall–Kier alpha value is -1.46. The maximum Gasteiger partial charge on any atom is 0.303 e. The number of unbranched alkanes of at least 4 members (excludes halogenated alkanes) is 1. The number of carboxylic acid groups (broad SMARTS) is 1. The van der Waals surface area contributed by atoms with Gasteiger partial charge in [-0.2, -0.15) is 0 Å². The van der Waals surface area contributed by atoms with Crippen molar-refractivity contribution in [2.45, 2.75) is 84.6 Å². The van der Waals surface area contributed by atoms with Gasteiger partial charge in [0.15, 0.2) is 0 Å². The molecule has 28 heavy (non-hydrogen) atoms. The fourth-order valence-corrected chi connectivity index (χ4v) is 3.49. The summed E-state index contributed by atoms with van der Waals surface area (Å²) in [7, 11) is 0. The van der Waals surface area contributed by atoms with Gasteiger partial charge in [-0.1, -0.05) is 49.8 Å². The minimum atomic E-state index is -1.08. The molecule has 1 fully saturated rings. The minimum absolute atomic E-state index is 0.115. The predicted molar refractivity (Wildman–Crippen MR) is 111 cm³/mol. The van der Waals surface area contributed by atoms with Gasteiger partial charge in [-0.25, -0.2) is 4.39 Å². The molecule has 4 nitrogen and oxygen atoms in total. The molecule has 0 aliphatic heterocycles. The molecule has 0 aromatic carbocycles. The first-order valence-corrected chi connectivity index (χ1v) is 10.2. The van der Waals surface area contributed by atoms with Crippen molar-refractivity contribution in [2.75, 3.05) is 0 Å². The summed E-state index contributed by atoms with van der Waals surface area (Å²) in [6.45, 7) is 8.02. The third-order valence-corrected chi connectivity index (χ3v) is 5.56. The Bertz CT molecular complexity index is 575. The zero-order valence-corrected chi connectivity index (χ0v) is 17.6. The first kappa shape index (κ1) is 24.6. The van der Waals surface area contributed by atoms with Crippen LogP contribution in [0.1, 0.15) is 66.2 Å². The van der Waals surface area contributed by atoms with Gasteiger partial charge in [0, 0.05) is 24.7 Å². The second-order valence-electron chi connectivity index (χ2n) is 8.86. The van der Waals surface area contributed by atoms with E-state index in [2.05, 4.69) is 6.08 Å². The van der Waals surface area contributed by atoms with Crippen molar-refractivity contribution in [3.05, 3.63) is 36.0 Å². The number of halogens is 1. The van der Waals surface area contributed by atoms with Crippen molar-refractivity contribution in [3.63, 3.8) is 0 Å². The highest BCUT2D eigenvalue weighted by Crippen LogP contribution is 2.39. The molecule has 1 saturated carbocycles. The zero-order chi connectivity index (χ0) is 21.3. The van der Waals surface area contributed by atoms with Gasteiger partial charge in [-0.15, -0.1) is 0 Å². The van der Waals surface area contributed by atoms with Crippen LogP contribution >= 0.6 is 0 Å². The standard InChI is InChI=1S/C23H37FO4/c1-16(2)13-14-23(3,4)21(26)12-11-18-17(19(24)15-20(18)25)9-7-5-6-8-10-22(27)28/h5,7,11-13,17-21,25-26H,6,8-10,14-15H2,1-4H3,(H,27,28)/t17-,18-,19-,20-,21-/m1/s1. The summed E-state index contributed by atoms with van der Waals surface area (Å²) in [6.07, 6.45) is 9.53. The molecule has 0 unspecified atom stereocenters. The van der Waals surface area contributed by atoms with Gasteiger partial charge in [0.2, 0.25) is 0 Å². The van der Waals surface area contributed by atoms with Crippen LogP contribution in [0.25, 0.3) is 0 Å². The van der Waals surface area contributed by atoms with Crippen molar-refractivity contribution >= 4 is 5.97 Å². The zero-order valence-electron chi connectivity index (χ0n) is 17.6. The average Bonchev–Trinajstić information content (AvgIpc) is 2.86. The summed E-state index contributed by atoms with van der Waals surface area (Å²) in [5, 5.41) is 29.4. The number of carbonyl (C=O) groups is 1. The van der Waals surface area contributed by atoms with Crippen LogP contribution in [-0.2, 0) is 4.79 Å². The Kier molecular flexibility index (Phi) is 10.1. The number of hydrogen-bond acceptors (Lipinski definition) is 3. The van der Waals surface area contributed by atoms with Crippen LogP contribution in [0.4, 0.5) is 4.39 Å². The third kappa shape index (κ3) is 8.27. The first-order valence-electron chi connectivity index (χ1n) is 10.2. The number of allylic oxidation sites excluding steroid dienone is 4. The van der Waals surface area contributed by atoms with E-state index in [9.17, 15) is 19.4 Å². The third-order valence-electron chi connectivity index (χ3n) is 5.56. The van der Waals surface area contributed by atoms with E-state index in [-0.39, 0.29) is 30.1 Å². The smallest absolute Gasteiger partial charge is 0.303 e. The van der Waals surface area contributed by atoms with Crippen molar-refractivity contribution < 1.29 is 24.5 Å². The van der Waals surface area contributed by atoms with Crippen molar-refractivity contribution in [1.82, 2.24) is 0 Å². The molecule has 0 spiro atoms. The summed E-state index contributed by atoms with van der Waals surface area (Å²) < 4.78 is 14.4. The van der Waals surface area contributed by atoms with Gasteiger partial charge < -0.3 is 15.3 Å². The molecule has 5 heteroatoms. The van der Waals surface area contributed by atoms with E-state index in [1.807, 2.05) is 39.8 Å². The lowest BCUT2D eigenvalue weighted by Crippen LogP contribution is -2.28. The molecule has 0 aromatic rings. The molecular weight excluding hydrogens is 359 g/mol. The molecule has 3 N–H and O–H groups in total.